The Hall–Kier alpha value is -4.28. The summed E-state index contributed by atoms with van der Waals surface area (Å²) < 4.78 is 11.7. The molecule has 0 saturated heterocycles. The molecule has 3 nitrogen and oxygen atoms in total. The highest BCUT2D eigenvalue weighted by Crippen LogP contribution is 2.65. The number of esters is 1. The van der Waals surface area contributed by atoms with E-state index >= 15 is 0 Å². The summed E-state index contributed by atoms with van der Waals surface area (Å²) >= 11 is 0. The second kappa shape index (κ2) is 10.8. The molecule has 1 aliphatic rings. The summed E-state index contributed by atoms with van der Waals surface area (Å²) in [7, 11) is -1.41. The van der Waals surface area contributed by atoms with E-state index in [1.807, 2.05) is 48.5 Å². The van der Waals surface area contributed by atoms with Gasteiger partial charge in [-0.25, -0.2) is 0 Å². The van der Waals surface area contributed by atoms with Gasteiger partial charge in [0.25, 0.3) is 0 Å². The lowest BCUT2D eigenvalue weighted by atomic mass is 9.97. The third-order valence-electron chi connectivity index (χ3n) is 7.39. The van der Waals surface area contributed by atoms with Crippen LogP contribution in [0.1, 0.15) is 17.0 Å². The molecule has 1 aliphatic carbocycles. The summed E-state index contributed by atoms with van der Waals surface area (Å²) in [6.45, 7) is 0.487. The lowest BCUT2D eigenvalue weighted by Gasteiger charge is -2.37. The van der Waals surface area contributed by atoms with Crippen LogP contribution in [0.3, 0.4) is 0 Å². The van der Waals surface area contributed by atoms with Crippen LogP contribution in [0.5, 0.6) is 5.75 Å². The van der Waals surface area contributed by atoms with Crippen LogP contribution in [0, 0.1) is 0 Å². The average Bonchev–Trinajstić information content (AvgIpc) is 3.34. The van der Waals surface area contributed by atoms with E-state index in [4.69, 9.17) is 9.47 Å². The summed E-state index contributed by atoms with van der Waals surface area (Å²) in [5.41, 5.74) is 4.21. The van der Waals surface area contributed by atoms with Crippen LogP contribution in [0.15, 0.2) is 148 Å². The van der Waals surface area contributed by atoms with E-state index in [9.17, 15) is 4.79 Å². The maximum atomic E-state index is 13.1. The topological polar surface area (TPSA) is 35.5 Å². The number of rotatable bonds is 8. The molecule has 0 amide bonds. The number of carbonyl (C=O) groups is 1. The van der Waals surface area contributed by atoms with Crippen molar-refractivity contribution in [2.75, 3.05) is 19.5 Å². The van der Waals surface area contributed by atoms with Crippen LogP contribution in [0.25, 0.3) is 11.1 Å². The molecule has 0 spiro atoms. The summed E-state index contributed by atoms with van der Waals surface area (Å²) in [6, 6.07) is 45.8. The molecule has 0 saturated carbocycles. The Kier molecular flexibility index (Phi) is 6.95. The predicted molar refractivity (Wildman–Crippen MR) is 158 cm³/mol. The molecular formula is C35H30O3S. The van der Waals surface area contributed by atoms with E-state index in [1.54, 1.807) is 0 Å². The van der Waals surface area contributed by atoms with Gasteiger partial charge in [0, 0.05) is 0 Å². The second-order valence-corrected chi connectivity index (χ2v) is 12.9. The molecular weight excluding hydrogens is 500 g/mol. The highest BCUT2D eigenvalue weighted by molar-refractivity contribution is 8.33. The van der Waals surface area contributed by atoms with E-state index in [1.165, 1.54) is 14.7 Å². The zero-order chi connectivity index (χ0) is 26.7. The van der Waals surface area contributed by atoms with Gasteiger partial charge in [0.1, 0.15) is 24.9 Å². The van der Waals surface area contributed by atoms with Gasteiger partial charge in [-0.15, -0.1) is 0 Å². The average molecular weight is 531 g/mol. The standard InChI is InChI=1S/C35H30O3S/c1-39(27-12-4-2-5-13-27,28-14-6-3-7-15-28)29-22-20-26(21-23-29)37-24-25-38-35(36)34-32-18-10-8-16-30(32)31-17-9-11-19-33(31)34/h2-23,34H,24-25H2,1H3. The molecule has 5 aromatic carbocycles. The Morgan fingerprint density at radius 2 is 1.05 bits per heavy atom. The molecule has 0 N–H and O–H groups in total. The van der Waals surface area contributed by atoms with E-state index in [0.717, 1.165) is 28.0 Å². The number of hydrogen-bond donors (Lipinski definition) is 0. The van der Waals surface area contributed by atoms with Crippen molar-refractivity contribution in [3.63, 3.8) is 0 Å². The molecule has 39 heavy (non-hydrogen) atoms. The largest absolute Gasteiger partial charge is 0.490 e. The number of hydrogen-bond acceptors (Lipinski definition) is 3. The first-order valence-corrected chi connectivity index (χ1v) is 15.2. The van der Waals surface area contributed by atoms with Gasteiger partial charge in [-0.05, 0) is 91.7 Å². The Labute approximate surface area is 231 Å². The van der Waals surface area contributed by atoms with Crippen LogP contribution in [0.4, 0.5) is 0 Å². The summed E-state index contributed by atoms with van der Waals surface area (Å²) in [4.78, 5) is 17.0. The van der Waals surface area contributed by atoms with Crippen LogP contribution < -0.4 is 4.74 Å². The van der Waals surface area contributed by atoms with Gasteiger partial charge >= 0.3 is 5.97 Å². The van der Waals surface area contributed by atoms with Crippen LogP contribution in [-0.4, -0.2) is 25.4 Å². The van der Waals surface area contributed by atoms with E-state index in [2.05, 4.69) is 91.2 Å². The Morgan fingerprint density at radius 1 is 0.590 bits per heavy atom. The number of carbonyl (C=O) groups excluding carboxylic acids is 1. The zero-order valence-electron chi connectivity index (χ0n) is 21.8. The molecule has 5 aromatic rings. The molecule has 6 rings (SSSR count). The summed E-state index contributed by atoms with van der Waals surface area (Å²) in [5, 5.41) is 0. The fourth-order valence-electron chi connectivity index (χ4n) is 5.40. The molecule has 0 heterocycles. The lowest BCUT2D eigenvalue weighted by molar-refractivity contribution is -0.145. The monoisotopic (exact) mass is 530 g/mol. The van der Waals surface area contributed by atoms with Crippen LogP contribution >= 0.6 is 10.0 Å². The Balaban J connectivity index is 1.12. The highest BCUT2D eigenvalue weighted by atomic mass is 32.3. The first kappa shape index (κ1) is 25.0. The van der Waals surface area contributed by atoms with Gasteiger partial charge < -0.3 is 9.47 Å². The van der Waals surface area contributed by atoms with Crippen molar-refractivity contribution < 1.29 is 14.3 Å². The molecule has 0 unspecified atom stereocenters. The van der Waals surface area contributed by atoms with Crippen molar-refractivity contribution in [3.05, 3.63) is 145 Å². The van der Waals surface area contributed by atoms with Gasteiger partial charge in [0.05, 0.1) is 0 Å². The Bertz CT molecular complexity index is 1490. The zero-order valence-corrected chi connectivity index (χ0v) is 22.6. The molecule has 0 atom stereocenters. The first-order chi connectivity index (χ1) is 19.2. The Morgan fingerprint density at radius 3 is 1.59 bits per heavy atom. The smallest absolute Gasteiger partial charge is 0.318 e. The minimum Gasteiger partial charge on any atom is -0.490 e. The summed E-state index contributed by atoms with van der Waals surface area (Å²) in [5.74, 6) is 0.124. The molecule has 0 radical (unpaired) electrons. The molecule has 0 aromatic heterocycles. The molecule has 4 heteroatoms. The van der Waals surface area contributed by atoms with Crippen LogP contribution in [0.2, 0.25) is 0 Å². The van der Waals surface area contributed by atoms with Crippen molar-refractivity contribution in [2.45, 2.75) is 20.6 Å². The number of ether oxygens (including phenoxy) is 2. The quantitative estimate of drug-likeness (QED) is 0.149. The lowest BCUT2D eigenvalue weighted by Crippen LogP contribution is -2.18. The van der Waals surface area contributed by atoms with E-state index < -0.39 is 15.9 Å². The van der Waals surface area contributed by atoms with Crippen molar-refractivity contribution in [3.8, 4) is 16.9 Å². The highest BCUT2D eigenvalue weighted by Gasteiger charge is 2.34. The van der Waals surface area contributed by atoms with Crippen LogP contribution in [-0.2, 0) is 9.53 Å². The van der Waals surface area contributed by atoms with Gasteiger partial charge in [-0.3, -0.25) is 4.79 Å². The number of benzene rings is 5. The third kappa shape index (κ3) is 4.73. The minimum absolute atomic E-state index is 0.193. The van der Waals surface area contributed by atoms with Gasteiger partial charge in [-0.1, -0.05) is 84.9 Å². The molecule has 0 bridgehead atoms. The maximum Gasteiger partial charge on any atom is 0.318 e. The fraction of sp³-hybridized carbons (Fsp3) is 0.114. The summed E-state index contributed by atoms with van der Waals surface area (Å²) in [6.07, 6.45) is 2.34. The van der Waals surface area contributed by atoms with Crippen molar-refractivity contribution in [1.82, 2.24) is 0 Å². The van der Waals surface area contributed by atoms with Crippen molar-refractivity contribution in [1.29, 1.82) is 0 Å². The van der Waals surface area contributed by atoms with Crippen molar-refractivity contribution in [2.24, 2.45) is 0 Å². The minimum atomic E-state index is -1.41. The maximum absolute atomic E-state index is 13.1. The third-order valence-corrected chi connectivity index (χ3v) is 11.0. The SMILES string of the molecule is CS(c1ccccc1)(c1ccccc1)c1ccc(OCCOC(=O)C2c3ccccc3-c3ccccc32)cc1. The van der Waals surface area contributed by atoms with Crippen molar-refractivity contribution >= 4 is 16.0 Å². The van der Waals surface area contributed by atoms with Gasteiger partial charge in [0.15, 0.2) is 0 Å². The van der Waals surface area contributed by atoms with Gasteiger partial charge in [-0.2, -0.15) is 10.0 Å². The predicted octanol–water partition coefficient (Wildman–Crippen LogP) is 8.33. The van der Waals surface area contributed by atoms with E-state index in [0.29, 0.717) is 6.61 Å². The first-order valence-electron chi connectivity index (χ1n) is 13.1. The van der Waals surface area contributed by atoms with Gasteiger partial charge in [0.2, 0.25) is 0 Å². The molecule has 0 fully saturated rings. The number of fused-ring (bicyclic) bond motifs is 3. The van der Waals surface area contributed by atoms with E-state index in [-0.39, 0.29) is 12.6 Å². The second-order valence-electron chi connectivity index (χ2n) is 9.64. The molecule has 0 aliphatic heterocycles. The normalized spacial score (nSPS) is 12.8. The fourth-order valence-corrected chi connectivity index (χ4v) is 8.30. The molecule has 194 valence electrons.